The SMILES string of the molecule is CCn1c(SCC(=O)Nc2ccc(N3CCOCC3)cc2)nnc1-c1cccc(F)c1. The van der Waals surface area contributed by atoms with E-state index in [2.05, 4.69) is 20.4 Å². The van der Waals surface area contributed by atoms with Crippen molar-refractivity contribution >= 4 is 29.0 Å². The number of ether oxygens (including phenoxy) is 1. The molecule has 162 valence electrons. The lowest BCUT2D eigenvalue weighted by molar-refractivity contribution is -0.113. The predicted octanol–water partition coefficient (Wildman–Crippen LogP) is 3.67. The van der Waals surface area contributed by atoms with Gasteiger partial charge >= 0.3 is 0 Å². The number of hydrogen-bond donors (Lipinski definition) is 1. The van der Waals surface area contributed by atoms with Crippen molar-refractivity contribution in [3.05, 3.63) is 54.3 Å². The summed E-state index contributed by atoms with van der Waals surface area (Å²) in [6, 6.07) is 14.1. The second kappa shape index (κ2) is 9.93. The van der Waals surface area contributed by atoms with E-state index in [9.17, 15) is 9.18 Å². The molecule has 4 rings (SSSR count). The van der Waals surface area contributed by atoms with Crippen LogP contribution in [0.25, 0.3) is 11.4 Å². The van der Waals surface area contributed by atoms with E-state index < -0.39 is 0 Å². The summed E-state index contributed by atoms with van der Waals surface area (Å²) >= 11 is 1.31. The molecule has 9 heteroatoms. The van der Waals surface area contributed by atoms with Crippen LogP contribution >= 0.6 is 11.8 Å². The topological polar surface area (TPSA) is 72.3 Å². The highest BCUT2D eigenvalue weighted by molar-refractivity contribution is 7.99. The van der Waals surface area contributed by atoms with E-state index in [1.165, 1.54) is 23.9 Å². The number of nitrogens with one attached hydrogen (secondary N) is 1. The van der Waals surface area contributed by atoms with Crippen molar-refractivity contribution in [2.24, 2.45) is 0 Å². The van der Waals surface area contributed by atoms with Crippen LogP contribution in [0.1, 0.15) is 6.92 Å². The summed E-state index contributed by atoms with van der Waals surface area (Å²) in [5.74, 6) is 0.342. The number of rotatable bonds is 7. The minimum Gasteiger partial charge on any atom is -0.378 e. The molecule has 1 N–H and O–H groups in total. The zero-order valence-electron chi connectivity index (χ0n) is 17.3. The monoisotopic (exact) mass is 441 g/mol. The molecule has 1 aliphatic heterocycles. The van der Waals surface area contributed by atoms with Gasteiger partial charge in [-0.3, -0.25) is 4.79 Å². The van der Waals surface area contributed by atoms with Crippen LogP contribution in [0, 0.1) is 5.82 Å². The Labute approximate surface area is 184 Å². The Morgan fingerprint density at radius 3 is 2.65 bits per heavy atom. The molecule has 0 unspecified atom stereocenters. The van der Waals surface area contributed by atoms with Crippen LogP contribution in [0.4, 0.5) is 15.8 Å². The predicted molar refractivity (Wildman–Crippen MR) is 120 cm³/mol. The highest BCUT2D eigenvalue weighted by Gasteiger charge is 2.15. The van der Waals surface area contributed by atoms with Crippen molar-refractivity contribution in [2.45, 2.75) is 18.6 Å². The molecule has 1 amide bonds. The molecule has 0 saturated carbocycles. The molecule has 1 aromatic heterocycles. The number of aromatic nitrogens is 3. The first kappa shape index (κ1) is 21.3. The van der Waals surface area contributed by atoms with Gasteiger partial charge in [0.25, 0.3) is 0 Å². The van der Waals surface area contributed by atoms with E-state index in [1.807, 2.05) is 35.8 Å². The van der Waals surface area contributed by atoms with Gasteiger partial charge in [0.2, 0.25) is 5.91 Å². The van der Waals surface area contributed by atoms with E-state index >= 15 is 0 Å². The van der Waals surface area contributed by atoms with Crippen LogP contribution in [0.2, 0.25) is 0 Å². The Morgan fingerprint density at radius 2 is 1.94 bits per heavy atom. The van der Waals surface area contributed by atoms with Gasteiger partial charge in [0.05, 0.1) is 19.0 Å². The third-order valence-electron chi connectivity index (χ3n) is 4.98. The quantitative estimate of drug-likeness (QED) is 0.564. The first-order chi connectivity index (χ1) is 15.1. The number of morpholine rings is 1. The standard InChI is InChI=1S/C22H24FN5O2S/c1-2-28-21(16-4-3-5-17(23)14-16)25-26-22(28)31-15-20(29)24-18-6-8-19(9-7-18)27-10-12-30-13-11-27/h3-9,14H,2,10-13,15H2,1H3,(H,24,29). The van der Waals surface area contributed by atoms with E-state index in [1.54, 1.807) is 12.1 Å². The molecule has 1 aliphatic rings. The third-order valence-corrected chi connectivity index (χ3v) is 5.94. The molecule has 0 bridgehead atoms. The minimum atomic E-state index is -0.323. The fourth-order valence-electron chi connectivity index (χ4n) is 3.43. The lowest BCUT2D eigenvalue weighted by Gasteiger charge is -2.28. The average molecular weight is 442 g/mol. The number of thioether (sulfide) groups is 1. The molecule has 0 spiro atoms. The summed E-state index contributed by atoms with van der Waals surface area (Å²) in [4.78, 5) is 14.7. The Balaban J connectivity index is 1.35. The van der Waals surface area contributed by atoms with Gasteiger partial charge < -0.3 is 19.5 Å². The molecule has 0 atom stereocenters. The molecule has 1 saturated heterocycles. The lowest BCUT2D eigenvalue weighted by Crippen LogP contribution is -2.36. The van der Waals surface area contributed by atoms with Crippen molar-refractivity contribution in [1.82, 2.24) is 14.8 Å². The number of carbonyl (C=O) groups excluding carboxylic acids is 1. The van der Waals surface area contributed by atoms with Gasteiger partial charge in [-0.05, 0) is 43.3 Å². The summed E-state index contributed by atoms with van der Waals surface area (Å²) in [6.45, 7) is 5.80. The molecular formula is C22H24FN5O2S. The molecule has 3 aromatic rings. The molecule has 0 aliphatic carbocycles. The van der Waals surface area contributed by atoms with E-state index in [-0.39, 0.29) is 17.5 Å². The van der Waals surface area contributed by atoms with Crippen molar-refractivity contribution in [3.8, 4) is 11.4 Å². The molecular weight excluding hydrogens is 417 g/mol. The molecule has 1 fully saturated rings. The normalized spacial score (nSPS) is 13.9. The summed E-state index contributed by atoms with van der Waals surface area (Å²) in [6.07, 6.45) is 0. The van der Waals surface area contributed by atoms with Crippen LogP contribution in [0.15, 0.2) is 53.7 Å². The number of benzene rings is 2. The Kier molecular flexibility index (Phi) is 6.83. The lowest BCUT2D eigenvalue weighted by atomic mass is 10.2. The van der Waals surface area contributed by atoms with Gasteiger partial charge in [0.1, 0.15) is 5.82 Å². The highest BCUT2D eigenvalue weighted by atomic mass is 32.2. The number of nitrogens with zero attached hydrogens (tertiary/aromatic N) is 4. The van der Waals surface area contributed by atoms with Crippen molar-refractivity contribution in [1.29, 1.82) is 0 Å². The highest BCUT2D eigenvalue weighted by Crippen LogP contribution is 2.25. The molecule has 31 heavy (non-hydrogen) atoms. The Bertz CT molecular complexity index is 1030. The average Bonchev–Trinajstić information content (AvgIpc) is 3.22. The van der Waals surface area contributed by atoms with E-state index in [4.69, 9.17) is 4.74 Å². The van der Waals surface area contributed by atoms with Gasteiger partial charge in [-0.1, -0.05) is 23.9 Å². The zero-order chi connectivity index (χ0) is 21.6. The summed E-state index contributed by atoms with van der Waals surface area (Å²) in [7, 11) is 0. The van der Waals surface area contributed by atoms with Crippen molar-refractivity contribution in [3.63, 3.8) is 0 Å². The second-order valence-corrected chi connectivity index (χ2v) is 7.99. The summed E-state index contributed by atoms with van der Waals surface area (Å²) in [5, 5.41) is 11.9. The molecule has 0 radical (unpaired) electrons. The summed E-state index contributed by atoms with van der Waals surface area (Å²) in [5.41, 5.74) is 2.53. The fourth-order valence-corrected chi connectivity index (χ4v) is 4.23. The van der Waals surface area contributed by atoms with Crippen LogP contribution < -0.4 is 10.2 Å². The Morgan fingerprint density at radius 1 is 1.16 bits per heavy atom. The smallest absolute Gasteiger partial charge is 0.234 e. The van der Waals surface area contributed by atoms with Gasteiger partial charge in [-0.25, -0.2) is 4.39 Å². The van der Waals surface area contributed by atoms with E-state index in [0.29, 0.717) is 23.1 Å². The fraction of sp³-hybridized carbons (Fsp3) is 0.318. The van der Waals surface area contributed by atoms with Crippen molar-refractivity contribution < 1.29 is 13.9 Å². The number of amides is 1. The number of anilines is 2. The maximum absolute atomic E-state index is 13.6. The largest absolute Gasteiger partial charge is 0.378 e. The van der Waals surface area contributed by atoms with Gasteiger partial charge in [-0.2, -0.15) is 0 Å². The van der Waals surface area contributed by atoms with E-state index in [0.717, 1.165) is 37.7 Å². The molecule has 2 aromatic carbocycles. The third kappa shape index (κ3) is 5.23. The maximum atomic E-state index is 13.6. The van der Waals surface area contributed by atoms with Gasteiger partial charge in [0.15, 0.2) is 11.0 Å². The first-order valence-electron chi connectivity index (χ1n) is 10.2. The molecule has 2 heterocycles. The van der Waals surface area contributed by atoms with Crippen molar-refractivity contribution in [2.75, 3.05) is 42.3 Å². The minimum absolute atomic E-state index is 0.123. The van der Waals surface area contributed by atoms with Crippen LogP contribution in [0.3, 0.4) is 0 Å². The molecule has 7 nitrogen and oxygen atoms in total. The number of carbonyl (C=O) groups is 1. The van der Waals surface area contributed by atoms with Gasteiger partial charge in [-0.15, -0.1) is 10.2 Å². The first-order valence-corrected chi connectivity index (χ1v) is 11.2. The number of hydrogen-bond acceptors (Lipinski definition) is 6. The Hall–Kier alpha value is -2.91. The van der Waals surface area contributed by atoms with Crippen LogP contribution in [0.5, 0.6) is 0 Å². The van der Waals surface area contributed by atoms with Crippen LogP contribution in [-0.2, 0) is 16.1 Å². The zero-order valence-corrected chi connectivity index (χ0v) is 18.1. The second-order valence-electron chi connectivity index (χ2n) is 7.04. The summed E-state index contributed by atoms with van der Waals surface area (Å²) < 4.78 is 20.8. The maximum Gasteiger partial charge on any atom is 0.234 e. The van der Waals surface area contributed by atoms with Gasteiger partial charge in [0, 0.05) is 36.6 Å². The van der Waals surface area contributed by atoms with Crippen LogP contribution in [-0.4, -0.2) is 52.7 Å². The number of halogens is 1.